The van der Waals surface area contributed by atoms with Crippen LogP contribution in [0.25, 0.3) is 10.8 Å². The van der Waals surface area contributed by atoms with Crippen LogP contribution in [0, 0.1) is 5.82 Å². The van der Waals surface area contributed by atoms with Crippen molar-refractivity contribution in [2.75, 3.05) is 6.61 Å². The number of halogens is 1. The summed E-state index contributed by atoms with van der Waals surface area (Å²) in [6, 6.07) is 20.9. The summed E-state index contributed by atoms with van der Waals surface area (Å²) >= 11 is 0. The smallest absolute Gasteiger partial charge is 0.123 e. The Bertz CT molecular complexity index is 746. The van der Waals surface area contributed by atoms with E-state index < -0.39 is 0 Å². The van der Waals surface area contributed by atoms with E-state index in [0.717, 1.165) is 5.56 Å². The molecule has 0 aliphatic carbocycles. The topological polar surface area (TPSA) is 20.2 Å². The highest BCUT2D eigenvalue weighted by atomic mass is 19.1. The molecular formula is C19H17FO. The van der Waals surface area contributed by atoms with Crippen LogP contribution in [0.2, 0.25) is 0 Å². The zero-order valence-electron chi connectivity index (χ0n) is 11.7. The van der Waals surface area contributed by atoms with Gasteiger partial charge in [0.1, 0.15) is 5.82 Å². The fraction of sp³-hybridized carbons (Fsp3) is 0.158. The van der Waals surface area contributed by atoms with E-state index in [4.69, 9.17) is 0 Å². The van der Waals surface area contributed by atoms with Gasteiger partial charge in [-0.3, -0.25) is 0 Å². The molecule has 0 amide bonds. The van der Waals surface area contributed by atoms with Gasteiger partial charge in [0, 0.05) is 5.92 Å². The third-order valence-corrected chi connectivity index (χ3v) is 3.89. The van der Waals surface area contributed by atoms with Crippen molar-refractivity contribution in [3.63, 3.8) is 0 Å². The van der Waals surface area contributed by atoms with E-state index in [0.29, 0.717) is 6.42 Å². The minimum atomic E-state index is -0.260. The molecule has 3 rings (SSSR count). The summed E-state index contributed by atoms with van der Waals surface area (Å²) in [4.78, 5) is 0. The van der Waals surface area contributed by atoms with Crippen LogP contribution < -0.4 is 0 Å². The Hall–Kier alpha value is -2.19. The highest BCUT2D eigenvalue weighted by Gasteiger charge is 2.13. The number of fused-ring (bicyclic) bond motifs is 1. The summed E-state index contributed by atoms with van der Waals surface area (Å²) < 4.78 is 13.4. The van der Waals surface area contributed by atoms with Gasteiger partial charge in [0.05, 0.1) is 6.61 Å². The summed E-state index contributed by atoms with van der Waals surface area (Å²) in [6.45, 7) is 0.00662. The van der Waals surface area contributed by atoms with Gasteiger partial charge in [-0.05, 0) is 40.5 Å². The normalized spacial score (nSPS) is 12.5. The highest BCUT2D eigenvalue weighted by molar-refractivity contribution is 5.85. The lowest BCUT2D eigenvalue weighted by molar-refractivity contribution is 0.264. The average molecular weight is 280 g/mol. The molecule has 0 radical (unpaired) electrons. The molecule has 0 aromatic heterocycles. The summed E-state index contributed by atoms with van der Waals surface area (Å²) in [5, 5.41) is 12.1. The molecule has 1 N–H and O–H groups in total. The number of hydrogen-bond donors (Lipinski definition) is 1. The van der Waals surface area contributed by atoms with Crippen molar-refractivity contribution in [3.05, 3.63) is 83.7 Å². The van der Waals surface area contributed by atoms with Gasteiger partial charge in [-0.1, -0.05) is 54.6 Å². The number of rotatable bonds is 4. The van der Waals surface area contributed by atoms with Crippen molar-refractivity contribution in [2.24, 2.45) is 0 Å². The Morgan fingerprint density at radius 3 is 2.48 bits per heavy atom. The monoisotopic (exact) mass is 280 g/mol. The maximum atomic E-state index is 13.4. The molecule has 0 aliphatic rings. The molecule has 1 unspecified atom stereocenters. The SMILES string of the molecule is OCC(Cc1cccc2ccccc12)c1cccc(F)c1. The Morgan fingerprint density at radius 2 is 1.67 bits per heavy atom. The van der Waals surface area contributed by atoms with Crippen molar-refractivity contribution in [3.8, 4) is 0 Å². The molecule has 0 heterocycles. The zero-order chi connectivity index (χ0) is 14.7. The van der Waals surface area contributed by atoms with Gasteiger partial charge in [0.15, 0.2) is 0 Å². The molecule has 3 aromatic rings. The van der Waals surface area contributed by atoms with Crippen molar-refractivity contribution < 1.29 is 9.50 Å². The van der Waals surface area contributed by atoms with E-state index in [1.165, 1.54) is 28.5 Å². The predicted octanol–water partition coefficient (Wildman–Crippen LogP) is 4.30. The van der Waals surface area contributed by atoms with Gasteiger partial charge < -0.3 is 5.11 Å². The molecule has 1 nitrogen and oxygen atoms in total. The summed E-state index contributed by atoms with van der Waals surface area (Å²) in [5.74, 6) is -0.352. The molecule has 1 atom stereocenters. The van der Waals surface area contributed by atoms with Crippen LogP contribution in [-0.2, 0) is 6.42 Å². The number of benzene rings is 3. The molecule has 0 saturated heterocycles. The van der Waals surface area contributed by atoms with Crippen molar-refractivity contribution in [2.45, 2.75) is 12.3 Å². The summed E-state index contributed by atoms with van der Waals surface area (Å²) in [6.07, 6.45) is 0.696. The predicted molar refractivity (Wildman–Crippen MR) is 83.9 cm³/mol. The molecule has 0 bridgehead atoms. The van der Waals surface area contributed by atoms with Crippen molar-refractivity contribution in [1.29, 1.82) is 0 Å². The Morgan fingerprint density at radius 1 is 0.905 bits per heavy atom. The second kappa shape index (κ2) is 6.06. The summed E-state index contributed by atoms with van der Waals surface area (Å²) in [7, 11) is 0. The van der Waals surface area contributed by atoms with E-state index >= 15 is 0 Å². The fourth-order valence-electron chi connectivity index (χ4n) is 2.78. The van der Waals surface area contributed by atoms with Crippen LogP contribution in [-0.4, -0.2) is 11.7 Å². The summed E-state index contributed by atoms with van der Waals surface area (Å²) in [5.41, 5.74) is 2.02. The Labute approximate surface area is 123 Å². The van der Waals surface area contributed by atoms with Crippen LogP contribution in [0.15, 0.2) is 66.7 Å². The van der Waals surface area contributed by atoms with Gasteiger partial charge in [-0.2, -0.15) is 0 Å². The molecule has 0 spiro atoms. The molecule has 21 heavy (non-hydrogen) atoms. The second-order valence-corrected chi connectivity index (χ2v) is 5.28. The third-order valence-electron chi connectivity index (χ3n) is 3.89. The van der Waals surface area contributed by atoms with Crippen LogP contribution >= 0.6 is 0 Å². The van der Waals surface area contributed by atoms with Crippen LogP contribution in [0.5, 0.6) is 0 Å². The first-order valence-corrected chi connectivity index (χ1v) is 7.11. The lowest BCUT2D eigenvalue weighted by atomic mass is 9.90. The van der Waals surface area contributed by atoms with E-state index in [1.54, 1.807) is 6.07 Å². The first kappa shape index (κ1) is 13.8. The first-order chi connectivity index (χ1) is 10.3. The Balaban J connectivity index is 1.96. The lowest BCUT2D eigenvalue weighted by Crippen LogP contribution is -2.08. The van der Waals surface area contributed by atoms with Crippen LogP contribution in [0.1, 0.15) is 17.0 Å². The van der Waals surface area contributed by atoms with Crippen molar-refractivity contribution >= 4 is 10.8 Å². The van der Waals surface area contributed by atoms with Crippen molar-refractivity contribution in [1.82, 2.24) is 0 Å². The van der Waals surface area contributed by atoms with Gasteiger partial charge in [-0.25, -0.2) is 4.39 Å². The minimum Gasteiger partial charge on any atom is -0.396 e. The number of aliphatic hydroxyl groups excluding tert-OH is 1. The first-order valence-electron chi connectivity index (χ1n) is 7.11. The molecular weight excluding hydrogens is 263 g/mol. The number of hydrogen-bond acceptors (Lipinski definition) is 1. The largest absolute Gasteiger partial charge is 0.396 e. The van der Waals surface area contributed by atoms with Crippen LogP contribution in [0.3, 0.4) is 0 Å². The Kier molecular flexibility index (Phi) is 3.98. The van der Waals surface area contributed by atoms with Crippen LogP contribution in [0.4, 0.5) is 4.39 Å². The maximum absolute atomic E-state index is 13.4. The quantitative estimate of drug-likeness (QED) is 0.755. The number of aliphatic hydroxyl groups is 1. The second-order valence-electron chi connectivity index (χ2n) is 5.28. The minimum absolute atomic E-state index is 0.00662. The molecule has 2 heteroatoms. The van der Waals surface area contributed by atoms with Gasteiger partial charge in [0.25, 0.3) is 0 Å². The van der Waals surface area contributed by atoms with Gasteiger partial charge >= 0.3 is 0 Å². The van der Waals surface area contributed by atoms with Gasteiger partial charge in [0.2, 0.25) is 0 Å². The molecule has 0 fully saturated rings. The molecule has 0 aliphatic heterocycles. The highest BCUT2D eigenvalue weighted by Crippen LogP contribution is 2.26. The fourth-order valence-corrected chi connectivity index (χ4v) is 2.78. The lowest BCUT2D eigenvalue weighted by Gasteiger charge is -2.16. The molecule has 3 aromatic carbocycles. The van der Waals surface area contributed by atoms with E-state index in [-0.39, 0.29) is 18.3 Å². The van der Waals surface area contributed by atoms with E-state index in [9.17, 15) is 9.50 Å². The molecule has 106 valence electrons. The zero-order valence-corrected chi connectivity index (χ0v) is 11.7. The maximum Gasteiger partial charge on any atom is 0.123 e. The molecule has 0 saturated carbocycles. The standard InChI is InChI=1S/C19H17FO/c20-18-9-4-7-15(12-18)17(13-21)11-16-8-3-6-14-5-1-2-10-19(14)16/h1-10,12,17,21H,11,13H2. The van der Waals surface area contributed by atoms with Gasteiger partial charge in [-0.15, -0.1) is 0 Å². The average Bonchev–Trinajstić information content (AvgIpc) is 2.52. The van der Waals surface area contributed by atoms with E-state index in [2.05, 4.69) is 24.3 Å². The van der Waals surface area contributed by atoms with E-state index in [1.807, 2.05) is 24.3 Å². The third kappa shape index (κ3) is 2.96.